The molecule has 0 aliphatic carbocycles. The molecular weight excluding hydrogens is 509 g/mol. The van der Waals surface area contributed by atoms with Gasteiger partial charge in [-0.05, 0) is 37.8 Å². The van der Waals surface area contributed by atoms with Gasteiger partial charge in [0.1, 0.15) is 25.8 Å². The average Bonchev–Trinajstić information content (AvgIpc) is 2.84. The van der Waals surface area contributed by atoms with E-state index in [9.17, 15) is 0 Å². The molecule has 6 atom stereocenters. The number of benzene rings is 2. The van der Waals surface area contributed by atoms with Gasteiger partial charge in [-0.15, -0.1) is 0 Å². The number of hydrogen-bond donors (Lipinski definition) is 2. The van der Waals surface area contributed by atoms with Gasteiger partial charge in [0.15, 0.2) is 0 Å². The van der Waals surface area contributed by atoms with Gasteiger partial charge in [0.05, 0.1) is 16.1 Å². The van der Waals surface area contributed by atoms with Gasteiger partial charge in [0, 0.05) is 23.5 Å². The fraction of sp³-hybridized carbons (Fsp3) is 0.600. The molecule has 214 valence electrons. The van der Waals surface area contributed by atoms with Crippen LogP contribution >= 0.6 is 0 Å². The molecule has 0 spiro atoms. The first-order chi connectivity index (χ1) is 17.8. The summed E-state index contributed by atoms with van der Waals surface area (Å²) in [5.41, 5.74) is 16.3. The van der Waals surface area contributed by atoms with Crippen LogP contribution in [0.1, 0.15) is 25.0 Å². The maximum absolute atomic E-state index is 6.84. The van der Waals surface area contributed by atoms with Crippen LogP contribution in [0.3, 0.4) is 0 Å². The molecule has 2 aromatic carbocycles. The molecule has 8 heteroatoms. The summed E-state index contributed by atoms with van der Waals surface area (Å²) in [7, 11) is -2.96. The van der Waals surface area contributed by atoms with E-state index in [-0.39, 0.29) is 37.1 Å². The third-order valence-electron chi connectivity index (χ3n) is 7.39. The topological polar surface area (TPSA) is 89.0 Å². The van der Waals surface area contributed by atoms with Crippen molar-refractivity contribution >= 4 is 16.1 Å². The highest BCUT2D eigenvalue weighted by Crippen LogP contribution is 2.20. The van der Waals surface area contributed by atoms with E-state index in [4.69, 9.17) is 30.4 Å². The Kier molecular flexibility index (Phi) is 13.3. The third-order valence-corrected chi connectivity index (χ3v) is 12.6. The lowest BCUT2D eigenvalue weighted by Crippen LogP contribution is -2.56. The standard InChI is InChI=1S/C30H52N2O4Si2/c1-23(37(3,4)5)33-21-35-29(27(31)19-25-15-11-9-12-16-25)30(36-22-34-24(2)38(6,7)8)28(32)20-26-17-13-10-14-18-26/h9-18,23-24,27-30H,19-22,31-32H2,1-8H3/t23?,24?,27-,28-,29+,30+/m1/s1. The Bertz CT molecular complexity index is 830. The summed E-state index contributed by atoms with van der Waals surface area (Å²) < 4.78 is 25.1. The lowest BCUT2D eigenvalue weighted by molar-refractivity contribution is -0.183. The van der Waals surface area contributed by atoms with Crippen LogP contribution in [0.5, 0.6) is 0 Å². The van der Waals surface area contributed by atoms with E-state index in [0.29, 0.717) is 12.8 Å². The Morgan fingerprint density at radius 3 is 1.16 bits per heavy atom. The van der Waals surface area contributed by atoms with Crippen molar-refractivity contribution in [2.45, 2.75) is 102 Å². The van der Waals surface area contributed by atoms with Crippen LogP contribution in [0.4, 0.5) is 0 Å². The number of ether oxygens (including phenoxy) is 4. The van der Waals surface area contributed by atoms with Crippen molar-refractivity contribution < 1.29 is 18.9 Å². The van der Waals surface area contributed by atoms with Gasteiger partial charge in [-0.25, -0.2) is 0 Å². The minimum atomic E-state index is -1.48. The molecule has 0 saturated carbocycles. The maximum Gasteiger partial charge on any atom is 0.147 e. The first-order valence-electron chi connectivity index (χ1n) is 13.8. The molecule has 38 heavy (non-hydrogen) atoms. The number of rotatable bonds is 17. The van der Waals surface area contributed by atoms with E-state index in [2.05, 4.69) is 77.4 Å². The van der Waals surface area contributed by atoms with Crippen molar-refractivity contribution in [1.82, 2.24) is 0 Å². The zero-order valence-electron chi connectivity index (χ0n) is 24.9. The summed E-state index contributed by atoms with van der Waals surface area (Å²) >= 11 is 0. The molecule has 0 aliphatic rings. The first-order valence-corrected chi connectivity index (χ1v) is 21.0. The molecule has 2 aromatic rings. The lowest BCUT2D eigenvalue weighted by Gasteiger charge is -2.36. The summed E-state index contributed by atoms with van der Waals surface area (Å²) in [6.07, 6.45) is 0.320. The molecule has 0 saturated heterocycles. The van der Waals surface area contributed by atoms with Crippen LogP contribution in [0.15, 0.2) is 60.7 Å². The lowest BCUT2D eigenvalue weighted by atomic mass is 9.92. The van der Waals surface area contributed by atoms with E-state index in [1.54, 1.807) is 0 Å². The van der Waals surface area contributed by atoms with Crippen molar-refractivity contribution in [3.8, 4) is 0 Å². The molecule has 0 heterocycles. The summed E-state index contributed by atoms with van der Waals surface area (Å²) in [5.74, 6) is 0. The molecule has 4 N–H and O–H groups in total. The predicted octanol–water partition coefficient (Wildman–Crippen LogP) is 5.38. The molecule has 0 amide bonds. The number of nitrogens with two attached hydrogens (primary N) is 2. The third kappa shape index (κ3) is 11.4. The smallest absolute Gasteiger partial charge is 0.147 e. The van der Waals surface area contributed by atoms with E-state index < -0.39 is 28.4 Å². The Hall–Kier alpha value is -1.37. The largest absolute Gasteiger partial charge is 0.356 e. The van der Waals surface area contributed by atoms with Crippen LogP contribution in [-0.4, -0.2) is 65.5 Å². The minimum absolute atomic E-state index is 0.142. The van der Waals surface area contributed by atoms with Crippen molar-refractivity contribution in [3.63, 3.8) is 0 Å². The Morgan fingerprint density at radius 2 is 0.868 bits per heavy atom. The molecule has 0 aromatic heterocycles. The van der Waals surface area contributed by atoms with E-state index in [1.165, 1.54) is 0 Å². The van der Waals surface area contributed by atoms with Crippen LogP contribution in [-0.2, 0) is 31.8 Å². The molecule has 0 bridgehead atoms. The fourth-order valence-electron chi connectivity index (χ4n) is 3.87. The van der Waals surface area contributed by atoms with Crippen LogP contribution in [0.2, 0.25) is 39.3 Å². The highest BCUT2D eigenvalue weighted by atomic mass is 28.3. The summed E-state index contributed by atoms with van der Waals surface area (Å²) in [6.45, 7) is 18.2. The van der Waals surface area contributed by atoms with Crippen molar-refractivity contribution in [2.24, 2.45) is 11.5 Å². The van der Waals surface area contributed by atoms with Gasteiger partial charge in [0.25, 0.3) is 0 Å². The first kappa shape index (κ1) is 32.8. The van der Waals surface area contributed by atoms with E-state index >= 15 is 0 Å². The van der Waals surface area contributed by atoms with Gasteiger partial charge in [-0.1, -0.05) is 99.9 Å². The minimum Gasteiger partial charge on any atom is -0.356 e. The van der Waals surface area contributed by atoms with Gasteiger partial charge < -0.3 is 30.4 Å². The fourth-order valence-corrected chi connectivity index (χ4v) is 5.00. The van der Waals surface area contributed by atoms with Gasteiger partial charge in [-0.2, -0.15) is 0 Å². The highest BCUT2D eigenvalue weighted by molar-refractivity contribution is 6.77. The van der Waals surface area contributed by atoms with Gasteiger partial charge in [0.2, 0.25) is 0 Å². The zero-order chi connectivity index (χ0) is 28.3. The van der Waals surface area contributed by atoms with Gasteiger partial charge in [-0.3, -0.25) is 0 Å². The SMILES string of the molecule is CC(OCO[C@H]([C@@H](OCOC(C)[Si](C)(C)C)[C@H](N)Cc1ccccc1)[C@H](N)Cc1ccccc1)[Si](C)(C)C. The summed E-state index contributed by atoms with van der Waals surface area (Å²) in [5, 5.41) is 0. The van der Waals surface area contributed by atoms with Crippen LogP contribution in [0, 0.1) is 0 Å². The zero-order valence-corrected chi connectivity index (χ0v) is 26.9. The molecule has 2 rings (SSSR count). The van der Waals surface area contributed by atoms with Crippen LogP contribution < -0.4 is 11.5 Å². The second-order valence-corrected chi connectivity index (χ2v) is 23.6. The second kappa shape index (κ2) is 15.4. The predicted molar refractivity (Wildman–Crippen MR) is 164 cm³/mol. The molecule has 6 nitrogen and oxygen atoms in total. The Morgan fingerprint density at radius 1 is 0.553 bits per heavy atom. The summed E-state index contributed by atoms with van der Waals surface area (Å²) in [6, 6.07) is 19.8. The quantitative estimate of drug-likeness (QED) is 0.200. The van der Waals surface area contributed by atoms with E-state index in [0.717, 1.165) is 11.1 Å². The molecular formula is C30H52N2O4Si2. The van der Waals surface area contributed by atoms with Crippen molar-refractivity contribution in [3.05, 3.63) is 71.8 Å². The molecule has 2 unspecified atom stereocenters. The summed E-state index contributed by atoms with van der Waals surface area (Å²) in [4.78, 5) is 0. The van der Waals surface area contributed by atoms with Crippen molar-refractivity contribution in [2.75, 3.05) is 13.6 Å². The van der Waals surface area contributed by atoms with Crippen LogP contribution in [0.25, 0.3) is 0 Å². The molecule has 0 radical (unpaired) electrons. The normalized spacial score (nSPS) is 17.4. The number of hydrogen-bond acceptors (Lipinski definition) is 6. The average molecular weight is 561 g/mol. The Labute approximate surface area is 233 Å². The highest BCUT2D eigenvalue weighted by Gasteiger charge is 2.35. The Balaban J connectivity index is 2.27. The maximum atomic E-state index is 6.84. The van der Waals surface area contributed by atoms with E-state index in [1.807, 2.05) is 36.4 Å². The monoisotopic (exact) mass is 560 g/mol. The molecule has 0 fully saturated rings. The second-order valence-electron chi connectivity index (χ2n) is 12.6. The van der Waals surface area contributed by atoms with Crippen molar-refractivity contribution in [1.29, 1.82) is 0 Å². The van der Waals surface area contributed by atoms with Gasteiger partial charge >= 0.3 is 0 Å². The molecule has 0 aliphatic heterocycles.